The Morgan fingerprint density at radius 2 is 0.650 bits per heavy atom. The number of anilines is 1. The van der Waals surface area contributed by atoms with Crippen molar-refractivity contribution in [3.63, 3.8) is 0 Å². The van der Waals surface area contributed by atoms with Gasteiger partial charge >= 0.3 is 0 Å². The van der Waals surface area contributed by atoms with Crippen LogP contribution in [-0.2, 0) is 0 Å². The Bertz CT molecular complexity index is 3010. The van der Waals surface area contributed by atoms with Crippen LogP contribution in [0.1, 0.15) is 11.1 Å². The number of allylic oxidation sites excluding steroid dienone is 1. The molecule has 0 spiro atoms. The summed E-state index contributed by atoms with van der Waals surface area (Å²) < 4.78 is 0. The number of hydrazine groups is 1. The minimum atomic E-state index is 0.835. The topological polar surface area (TPSA) is 66.3 Å². The van der Waals surface area contributed by atoms with Crippen LogP contribution < -0.4 is 10.5 Å². The molecule has 0 unspecified atom stereocenters. The van der Waals surface area contributed by atoms with Crippen LogP contribution in [0.2, 0.25) is 0 Å². The van der Waals surface area contributed by atoms with Crippen LogP contribution in [0, 0.1) is 0 Å². The van der Waals surface area contributed by atoms with Crippen LogP contribution in [0.3, 0.4) is 0 Å². The van der Waals surface area contributed by atoms with E-state index >= 15 is 0 Å². The molecule has 9 aromatic rings. The smallest absolute Gasteiger partial charge is 0.0950 e. The van der Waals surface area contributed by atoms with Gasteiger partial charge in [0.25, 0.3) is 0 Å². The molecule has 284 valence electrons. The minimum absolute atomic E-state index is 0.835. The first-order valence-electron chi connectivity index (χ1n) is 19.9. The molecule has 0 radical (unpaired) electrons. The van der Waals surface area contributed by atoms with Crippen LogP contribution in [0.5, 0.6) is 0 Å². The van der Waals surface area contributed by atoms with Crippen molar-refractivity contribution in [1.29, 1.82) is 0 Å². The molecule has 1 aliphatic heterocycles. The van der Waals surface area contributed by atoms with E-state index in [0.29, 0.717) is 0 Å². The van der Waals surface area contributed by atoms with Crippen molar-refractivity contribution < 1.29 is 0 Å². The van der Waals surface area contributed by atoms with E-state index in [-0.39, 0.29) is 0 Å². The second-order valence-corrected chi connectivity index (χ2v) is 14.6. The lowest BCUT2D eigenvalue weighted by Gasteiger charge is -2.28. The summed E-state index contributed by atoms with van der Waals surface area (Å²) >= 11 is 0. The molecule has 6 nitrogen and oxygen atoms in total. The average Bonchev–Trinajstić information content (AvgIpc) is 3.35. The summed E-state index contributed by atoms with van der Waals surface area (Å²) in [7, 11) is 0. The number of aromatic nitrogens is 3. The largest absolute Gasteiger partial charge is 0.277 e. The summed E-state index contributed by atoms with van der Waals surface area (Å²) in [6.07, 6.45) is 13.3. The Kier molecular flexibility index (Phi) is 9.84. The molecule has 0 bridgehead atoms. The van der Waals surface area contributed by atoms with E-state index in [0.717, 1.165) is 95.0 Å². The van der Waals surface area contributed by atoms with Crippen molar-refractivity contribution in [1.82, 2.24) is 20.4 Å². The third-order valence-corrected chi connectivity index (χ3v) is 10.7. The van der Waals surface area contributed by atoms with E-state index in [1.807, 2.05) is 41.9 Å². The summed E-state index contributed by atoms with van der Waals surface area (Å²) in [5.74, 6) is 0. The van der Waals surface area contributed by atoms with Gasteiger partial charge in [-0.25, -0.2) is 0 Å². The first-order chi connectivity index (χ1) is 29.7. The van der Waals surface area contributed by atoms with Crippen LogP contribution in [0.15, 0.2) is 230 Å². The summed E-state index contributed by atoms with van der Waals surface area (Å²) in [6.45, 7) is 0. The van der Waals surface area contributed by atoms with E-state index < -0.39 is 0 Å². The van der Waals surface area contributed by atoms with Crippen molar-refractivity contribution in [2.24, 2.45) is 5.10 Å². The maximum absolute atomic E-state index is 5.26. The SMILES string of the molecule is C1=C(c2cccc(-c3cccc(-c4cccnc4)c3)c2)NN(c2cccc(-c3cccc(-c4cccnc4)c3)c2)N=C1c1cccc(-c2cccc(-c3cccnc3)c2)c1. The van der Waals surface area contributed by atoms with Gasteiger partial charge in [-0.3, -0.25) is 20.4 Å². The molecule has 0 amide bonds. The van der Waals surface area contributed by atoms with E-state index in [1.54, 1.807) is 18.6 Å². The van der Waals surface area contributed by atoms with Gasteiger partial charge in [0.1, 0.15) is 0 Å². The maximum atomic E-state index is 5.26. The molecule has 10 rings (SSSR count). The van der Waals surface area contributed by atoms with E-state index in [1.165, 1.54) is 0 Å². The molecule has 0 saturated carbocycles. The van der Waals surface area contributed by atoms with E-state index in [4.69, 9.17) is 5.10 Å². The molecule has 6 aromatic carbocycles. The number of nitrogens with zero attached hydrogens (tertiary/aromatic N) is 5. The van der Waals surface area contributed by atoms with Crippen LogP contribution >= 0.6 is 0 Å². The number of hydrazone groups is 1. The van der Waals surface area contributed by atoms with Gasteiger partial charge in [-0.05, 0) is 117 Å². The van der Waals surface area contributed by atoms with Crippen molar-refractivity contribution >= 4 is 17.1 Å². The molecular weight excluding hydrogens is 733 g/mol. The Hall–Kier alpha value is -8.22. The Morgan fingerprint density at radius 1 is 0.317 bits per heavy atom. The highest BCUT2D eigenvalue weighted by Crippen LogP contribution is 2.33. The monoisotopic (exact) mass is 770 g/mol. The van der Waals surface area contributed by atoms with Crippen molar-refractivity contribution in [2.75, 3.05) is 5.12 Å². The lowest BCUT2D eigenvalue weighted by atomic mass is 9.96. The number of benzene rings is 6. The van der Waals surface area contributed by atoms with Gasteiger partial charge in [0.05, 0.1) is 17.1 Å². The molecule has 0 fully saturated rings. The molecule has 0 atom stereocenters. The van der Waals surface area contributed by atoms with Gasteiger partial charge in [0.15, 0.2) is 0 Å². The van der Waals surface area contributed by atoms with Crippen LogP contribution in [0.4, 0.5) is 5.69 Å². The molecule has 0 aliphatic carbocycles. The lowest BCUT2D eigenvalue weighted by Crippen LogP contribution is -2.36. The fraction of sp³-hybridized carbons (Fsp3) is 0. The normalized spacial score (nSPS) is 12.3. The van der Waals surface area contributed by atoms with E-state index in [9.17, 15) is 0 Å². The molecule has 6 heteroatoms. The number of pyridine rings is 3. The third kappa shape index (κ3) is 7.73. The van der Waals surface area contributed by atoms with Gasteiger partial charge < -0.3 is 0 Å². The molecular formula is C54H38N6. The highest BCUT2D eigenvalue weighted by molar-refractivity contribution is 6.14. The second kappa shape index (κ2) is 16.3. The van der Waals surface area contributed by atoms with Crippen LogP contribution in [0.25, 0.3) is 72.5 Å². The van der Waals surface area contributed by atoms with E-state index in [2.05, 4.69) is 190 Å². The highest BCUT2D eigenvalue weighted by Gasteiger charge is 2.19. The predicted octanol–water partition coefficient (Wildman–Crippen LogP) is 12.6. The van der Waals surface area contributed by atoms with Gasteiger partial charge in [-0.2, -0.15) is 10.2 Å². The first-order valence-corrected chi connectivity index (χ1v) is 19.9. The average molecular weight is 771 g/mol. The fourth-order valence-electron chi connectivity index (χ4n) is 7.63. The quantitative estimate of drug-likeness (QED) is 0.158. The zero-order chi connectivity index (χ0) is 40.1. The van der Waals surface area contributed by atoms with Crippen LogP contribution in [-0.4, -0.2) is 20.7 Å². The summed E-state index contributed by atoms with van der Waals surface area (Å²) in [6, 6.07) is 63.7. The highest BCUT2D eigenvalue weighted by atomic mass is 15.7. The summed E-state index contributed by atoms with van der Waals surface area (Å²) in [4.78, 5) is 13.0. The molecule has 3 aromatic heterocycles. The zero-order valence-electron chi connectivity index (χ0n) is 32.6. The first kappa shape index (κ1) is 36.1. The molecule has 1 aliphatic rings. The van der Waals surface area contributed by atoms with Gasteiger partial charge in [-0.1, -0.05) is 121 Å². The minimum Gasteiger partial charge on any atom is -0.277 e. The van der Waals surface area contributed by atoms with Gasteiger partial charge in [0, 0.05) is 65.0 Å². The van der Waals surface area contributed by atoms with Crippen molar-refractivity contribution in [3.05, 3.63) is 236 Å². The molecule has 1 N–H and O–H groups in total. The predicted molar refractivity (Wildman–Crippen MR) is 245 cm³/mol. The second-order valence-electron chi connectivity index (χ2n) is 14.6. The molecule has 4 heterocycles. The van der Waals surface area contributed by atoms with Gasteiger partial charge in [0.2, 0.25) is 0 Å². The standard InChI is InChI=1S/C54H38N6/c1-10-38(28-43(15-1)49-21-7-25-55-35-49)41-13-4-19-47(31-41)53-34-54(48-20-5-14-42(32-48)39-11-2-16-44(29-39)50-22-8-26-56-36-50)59-60(58-53)52-24-6-18-46(33-52)40-12-3-17-45(30-40)51-23-9-27-57-37-51/h1-37,58H. The molecule has 0 saturated heterocycles. The Balaban J connectivity index is 1.04. The van der Waals surface area contributed by atoms with Crippen molar-refractivity contribution in [3.8, 4) is 66.8 Å². The van der Waals surface area contributed by atoms with Crippen molar-refractivity contribution in [2.45, 2.75) is 0 Å². The number of hydrogen-bond acceptors (Lipinski definition) is 6. The summed E-state index contributed by atoms with van der Waals surface area (Å²) in [5.41, 5.74) is 21.6. The maximum Gasteiger partial charge on any atom is 0.0950 e. The third-order valence-electron chi connectivity index (χ3n) is 10.7. The summed E-state index contributed by atoms with van der Waals surface area (Å²) in [5, 5.41) is 7.16. The zero-order valence-corrected chi connectivity index (χ0v) is 32.6. The molecule has 60 heavy (non-hydrogen) atoms. The van der Waals surface area contributed by atoms with Gasteiger partial charge in [-0.15, -0.1) is 0 Å². The number of rotatable bonds is 9. The lowest BCUT2D eigenvalue weighted by molar-refractivity contribution is 0.787. The fourth-order valence-corrected chi connectivity index (χ4v) is 7.63. The number of nitrogens with one attached hydrogen (secondary N) is 1. The Labute approximate surface area is 349 Å². The number of hydrogen-bond donors (Lipinski definition) is 1. The Morgan fingerprint density at radius 3 is 1.08 bits per heavy atom.